The number of aromatic hydroxyl groups is 4. The number of halogens is 5. The number of rotatable bonds is 21. The normalized spacial score (nSPS) is 14.3. The summed E-state index contributed by atoms with van der Waals surface area (Å²) in [6.45, 7) is 29.2. The number of carbonyl (C=O) groups is 3. The van der Waals surface area contributed by atoms with Crippen molar-refractivity contribution in [2.75, 3.05) is 45.0 Å². The quantitative estimate of drug-likeness (QED) is 0.00977. The molecule has 1 aliphatic heterocycles. The number of carbonyl (C=O) groups excluding carboxylic acids is 3. The Balaban J connectivity index is -0.000000538. The molecule has 0 spiro atoms. The molecule has 1 fully saturated rings. The third-order valence-electron chi connectivity index (χ3n) is 11.3. The van der Waals surface area contributed by atoms with E-state index < -0.39 is 116 Å². The van der Waals surface area contributed by atoms with E-state index in [-0.39, 0.29) is 113 Å². The van der Waals surface area contributed by atoms with Crippen molar-refractivity contribution in [3.8, 4) is 23.0 Å². The molecule has 7 atom stereocenters. The molecule has 0 aromatic heterocycles. The van der Waals surface area contributed by atoms with Gasteiger partial charge < -0.3 is 45.9 Å². The summed E-state index contributed by atoms with van der Waals surface area (Å²) in [5, 5.41) is 48.3. The summed E-state index contributed by atoms with van der Waals surface area (Å²) in [5.41, 5.74) is 0.862. The number of benzene rings is 4. The molecule has 0 bridgehead atoms. The molecule has 8 N–H and O–H groups in total. The summed E-state index contributed by atoms with van der Waals surface area (Å²) in [4.78, 5) is 33.6. The largest absolute Gasteiger partial charge is 1.00 e. The Bertz CT molecular complexity index is 2930. The predicted molar refractivity (Wildman–Crippen MR) is 361 cm³/mol. The molecular weight excluding hydrogens is 1360 g/mol. The number of esters is 3. The predicted octanol–water partition coefficient (Wildman–Crippen LogP) is 8.05. The van der Waals surface area contributed by atoms with Crippen molar-refractivity contribution in [1.82, 2.24) is 14.2 Å². The number of nitrogens with zero attached hydrogens (tertiary/aromatic N) is 1. The van der Waals surface area contributed by atoms with Crippen LogP contribution in [0.1, 0.15) is 178 Å². The van der Waals surface area contributed by atoms with E-state index in [4.69, 9.17) is 19.3 Å². The van der Waals surface area contributed by atoms with Gasteiger partial charge in [0.25, 0.3) is 0 Å². The molecule has 1 aliphatic rings. The van der Waals surface area contributed by atoms with Gasteiger partial charge in [-0.15, -0.1) is 0 Å². The molecule has 0 aliphatic carbocycles. The Morgan fingerprint density at radius 1 is 0.559 bits per heavy atom. The summed E-state index contributed by atoms with van der Waals surface area (Å²) >= 11 is 2.94. The van der Waals surface area contributed by atoms with Gasteiger partial charge in [0.2, 0.25) is 0 Å². The molecular formula is C62H94BBrF4LiN4O16S4. The van der Waals surface area contributed by atoms with Gasteiger partial charge in [0.15, 0.2) is 0 Å². The van der Waals surface area contributed by atoms with Gasteiger partial charge in [-0.05, 0) is 196 Å². The number of alkyl halides is 1. The Morgan fingerprint density at radius 2 is 0.871 bits per heavy atom. The number of hydrogen-bond acceptors (Lipinski definition) is 16. The van der Waals surface area contributed by atoms with Gasteiger partial charge in [0, 0.05) is 56.7 Å². The van der Waals surface area contributed by atoms with Crippen LogP contribution in [0.25, 0.3) is 0 Å². The molecule has 4 aromatic carbocycles. The Morgan fingerprint density at radius 3 is 1.15 bits per heavy atom. The van der Waals surface area contributed by atoms with E-state index in [1.165, 1.54) is 49.4 Å². The molecule has 0 saturated carbocycles. The van der Waals surface area contributed by atoms with E-state index >= 15 is 0 Å². The fraction of sp³-hybridized carbons (Fsp3) is 0.548. The van der Waals surface area contributed by atoms with Crippen molar-refractivity contribution in [1.29, 1.82) is 0 Å². The van der Waals surface area contributed by atoms with Crippen molar-refractivity contribution in [3.05, 3.63) is 118 Å². The zero-order valence-electron chi connectivity index (χ0n) is 57.0. The zero-order chi connectivity index (χ0) is 70.0. The first-order valence-corrected chi connectivity index (χ1v) is 34.5. The van der Waals surface area contributed by atoms with Crippen molar-refractivity contribution < 1.29 is 114 Å². The minimum atomic E-state index is -1.49. The van der Waals surface area contributed by atoms with Crippen LogP contribution in [0.15, 0.2) is 77.2 Å². The van der Waals surface area contributed by atoms with E-state index in [2.05, 4.69) is 39.2 Å². The summed E-state index contributed by atoms with van der Waals surface area (Å²) in [7, 11) is -5.78. The van der Waals surface area contributed by atoms with E-state index in [0.29, 0.717) is 17.5 Å². The fourth-order valence-corrected chi connectivity index (χ4v) is 9.73. The first-order chi connectivity index (χ1) is 42.2. The van der Waals surface area contributed by atoms with E-state index in [1.54, 1.807) is 104 Å². The van der Waals surface area contributed by atoms with Crippen LogP contribution >= 0.6 is 15.9 Å². The minimum Gasteiger partial charge on any atom is -1.00 e. The van der Waals surface area contributed by atoms with Crippen LogP contribution in [0.3, 0.4) is 0 Å². The third-order valence-corrected chi connectivity index (χ3v) is 18.0. The molecule has 1 saturated heterocycles. The Kier molecular flexibility index (Phi) is 46.4. The summed E-state index contributed by atoms with van der Waals surface area (Å²) in [6, 6.07) is 11.8. The number of hydrogen-bond donors (Lipinski definition) is 8. The maximum absolute atomic E-state index is 13.4. The second kappa shape index (κ2) is 46.6. The number of aliphatic hydroxyl groups is 1. The van der Waals surface area contributed by atoms with E-state index in [0.717, 1.165) is 55.7 Å². The van der Waals surface area contributed by atoms with Crippen LogP contribution in [-0.4, -0.2) is 139 Å². The number of nitrogens with one attached hydrogen (secondary N) is 3. The monoisotopic (exact) mass is 1450 g/mol. The average molecular weight is 1450 g/mol. The van der Waals surface area contributed by atoms with Crippen LogP contribution in [0.5, 0.6) is 23.0 Å². The molecule has 3 radical (unpaired) electrons. The smallest absolute Gasteiger partial charge is 1.00 e. The number of phenolic OH excluding ortho intramolecular Hbond substituents is 4. The Labute approximate surface area is 580 Å². The molecule has 5 rings (SSSR count). The minimum absolute atomic E-state index is 0. The van der Waals surface area contributed by atoms with Gasteiger partial charge in [-0.2, -0.15) is 4.40 Å². The third kappa shape index (κ3) is 39.3. The van der Waals surface area contributed by atoms with Gasteiger partial charge in [-0.25, -0.2) is 48.6 Å². The first kappa shape index (κ1) is 92.6. The van der Waals surface area contributed by atoms with Crippen molar-refractivity contribution >= 4 is 92.4 Å². The van der Waals surface area contributed by atoms with Gasteiger partial charge >= 0.3 is 36.8 Å². The van der Waals surface area contributed by atoms with Crippen molar-refractivity contribution in [2.45, 2.75) is 173 Å². The van der Waals surface area contributed by atoms with Crippen molar-refractivity contribution in [3.63, 3.8) is 0 Å². The molecule has 521 valence electrons. The summed E-state index contributed by atoms with van der Waals surface area (Å²) in [5.74, 6) is -3.82. The van der Waals surface area contributed by atoms with Gasteiger partial charge in [0.1, 0.15) is 62.6 Å². The standard InChI is InChI=1S/2C15H22FNO4S.C13H20FNO3S.C11H14FNO2S.C4H7BrO2.C4H8O.B.Li.H/c2*1-5-21-14(19)9-12(17-22(20)15(2,3)4)11-8-10(16)6-7-13(11)18;1-13(2,3)19(18)15-11(6-7-16)10-8-9(14)4-5-12(10)17;1-11(2,3)16(15)13-7-8-6-9(12)4-5-10(8)14;1-2-7-4(6)3-5;1-2-4-5-3-1;;;/h2*6-8,12,17-18H,5,9H2,1-4H3;4-5,8,11,15-17H,6-7H2,1-3H3;4-7,14H,1-3H3;2-3H2,1H3;1-4H2;;;/q;;;;;;;+1;-1/t12-,22+;12-,22-;11-,19-;16-;;;;;/m0111...../s1. The maximum atomic E-state index is 13.4. The number of ether oxygens (including phenoxy) is 4. The van der Waals surface area contributed by atoms with Crippen LogP contribution in [0.4, 0.5) is 17.6 Å². The molecule has 93 heavy (non-hydrogen) atoms. The van der Waals surface area contributed by atoms with Crippen LogP contribution < -0.4 is 33.0 Å². The summed E-state index contributed by atoms with van der Waals surface area (Å²) < 4.78 is 130. The second-order valence-corrected chi connectivity index (χ2v) is 31.8. The number of aliphatic hydroxyl groups excluding tert-OH is 1. The fourth-order valence-electron chi connectivity index (χ4n) is 6.54. The SMILES string of the molecule is C1CCOC1.CC(C)(C)[S@@](=O)N=Cc1cc(F)ccc1O.CC(C)(C)[S@@](=O)N[C@H](CCO)c1cc(F)ccc1O.CCOC(=O)CBr.CCOC(=O)C[C@@H](N[S@](=O)C(C)(C)C)c1cc(F)ccc1O.CCOC(=O)C[C@H](N[S@](=O)C(C)(C)C)c1cc(F)ccc1O.[B].[H-].[Li+]. The molecule has 31 heteroatoms. The zero-order valence-corrected chi connectivity index (χ0v) is 60.8. The Hall–Kier alpha value is -4.58. The van der Waals surface area contributed by atoms with Gasteiger partial charge in [-0.3, -0.25) is 14.4 Å². The molecule has 20 nitrogen and oxygen atoms in total. The number of phenols is 4. The van der Waals surface area contributed by atoms with Gasteiger partial charge in [-0.1, -0.05) is 15.9 Å². The van der Waals surface area contributed by atoms with Gasteiger partial charge in [0.05, 0.1) is 103 Å². The van der Waals surface area contributed by atoms with Crippen molar-refractivity contribution in [2.24, 2.45) is 4.40 Å². The second-order valence-electron chi connectivity index (χ2n) is 23.4. The van der Waals surface area contributed by atoms with Crippen LogP contribution in [-0.2, 0) is 77.3 Å². The summed E-state index contributed by atoms with van der Waals surface area (Å²) in [6.07, 6.45) is 3.69. The van der Waals surface area contributed by atoms with E-state index in [9.17, 15) is 69.2 Å². The molecule has 1 heterocycles. The van der Waals surface area contributed by atoms with Crippen LogP contribution in [0, 0.1) is 23.3 Å². The topological polar surface area (TPSA) is 306 Å². The maximum Gasteiger partial charge on any atom is 1.00 e. The van der Waals surface area contributed by atoms with E-state index in [1.807, 2.05) is 0 Å². The molecule has 4 aromatic rings. The average Bonchev–Trinajstić information content (AvgIpc) is 0.916. The van der Waals surface area contributed by atoms with Crippen LogP contribution in [0.2, 0.25) is 0 Å². The molecule has 0 unspecified atom stereocenters. The molecule has 0 amide bonds. The first-order valence-electron chi connectivity index (χ1n) is 28.8.